The van der Waals surface area contributed by atoms with Crippen molar-refractivity contribution in [3.8, 4) is 6.07 Å². The molecule has 16 heavy (non-hydrogen) atoms. The lowest BCUT2D eigenvalue weighted by atomic mass is 9.91. The monoisotopic (exact) mass is 214 g/mol. The second-order valence-electron chi connectivity index (χ2n) is 3.62. The number of aryl methyl sites for hydroxylation is 1. The molecule has 1 N–H and O–H groups in total. The number of allylic oxidation sites excluding steroid dienone is 1. The number of ketones is 1. The maximum Gasteiger partial charge on any atom is 0.181 e. The Labute approximate surface area is 92.9 Å². The molecule has 1 heterocycles. The van der Waals surface area contributed by atoms with Crippen LogP contribution in [0.25, 0.3) is 5.76 Å². The van der Waals surface area contributed by atoms with E-state index in [2.05, 4.69) is 4.98 Å². The summed E-state index contributed by atoms with van der Waals surface area (Å²) in [6.07, 6.45) is 2.48. The van der Waals surface area contributed by atoms with E-state index in [1.165, 1.54) is 0 Å². The number of nitrogens with zero attached hydrogens (tertiary/aromatic N) is 2. The number of fused-ring (bicyclic) bond motifs is 1. The standard InChI is InChI=1S/C12H10N2O2/c1-2-8-4-9-7(6-14-8)3-11(15)10(5-13)12(9)16/h4,6,16H,2-3H2,1H3. The van der Waals surface area contributed by atoms with E-state index < -0.39 is 0 Å². The van der Waals surface area contributed by atoms with E-state index in [1.807, 2.05) is 6.92 Å². The molecule has 0 amide bonds. The summed E-state index contributed by atoms with van der Waals surface area (Å²) in [5, 5.41) is 18.6. The Bertz CT molecular complexity index is 538. The molecule has 4 nitrogen and oxygen atoms in total. The first-order valence-electron chi connectivity index (χ1n) is 5.02. The number of aliphatic hydroxyl groups is 1. The summed E-state index contributed by atoms with van der Waals surface area (Å²) in [4.78, 5) is 15.6. The number of pyridine rings is 1. The fourth-order valence-electron chi connectivity index (χ4n) is 1.73. The molecule has 2 rings (SSSR count). The fraction of sp³-hybridized carbons (Fsp3) is 0.250. The molecule has 0 saturated heterocycles. The molecule has 0 aliphatic heterocycles. The van der Waals surface area contributed by atoms with Crippen LogP contribution in [0.1, 0.15) is 23.7 Å². The van der Waals surface area contributed by atoms with Gasteiger partial charge in [-0.25, -0.2) is 0 Å². The quantitative estimate of drug-likeness (QED) is 0.769. The third-order valence-electron chi connectivity index (χ3n) is 2.64. The Morgan fingerprint density at radius 3 is 3.00 bits per heavy atom. The summed E-state index contributed by atoms with van der Waals surface area (Å²) in [6.45, 7) is 1.95. The van der Waals surface area contributed by atoms with E-state index in [1.54, 1.807) is 18.3 Å². The SMILES string of the molecule is CCc1cc2c(cn1)CC(=O)C(C#N)=C2O. The van der Waals surface area contributed by atoms with Gasteiger partial charge in [0.1, 0.15) is 17.4 Å². The van der Waals surface area contributed by atoms with Crippen LogP contribution in [0.5, 0.6) is 0 Å². The molecule has 0 atom stereocenters. The highest BCUT2D eigenvalue weighted by atomic mass is 16.3. The number of Topliss-reactive ketones (excluding diaryl/α,β-unsaturated/α-hetero) is 1. The Morgan fingerprint density at radius 2 is 2.38 bits per heavy atom. The number of aliphatic hydroxyl groups excluding tert-OH is 1. The summed E-state index contributed by atoms with van der Waals surface area (Å²) in [7, 11) is 0. The minimum atomic E-state index is -0.349. The van der Waals surface area contributed by atoms with Gasteiger partial charge in [-0.05, 0) is 18.1 Å². The molecule has 0 aromatic carbocycles. The van der Waals surface area contributed by atoms with E-state index in [9.17, 15) is 9.90 Å². The van der Waals surface area contributed by atoms with Crippen LogP contribution in [-0.2, 0) is 17.6 Å². The number of hydrogen-bond donors (Lipinski definition) is 1. The van der Waals surface area contributed by atoms with Gasteiger partial charge in [0.05, 0.1) is 0 Å². The summed E-state index contributed by atoms with van der Waals surface area (Å²) >= 11 is 0. The maximum absolute atomic E-state index is 11.5. The Hall–Kier alpha value is -2.15. The van der Waals surface area contributed by atoms with Crippen molar-refractivity contribution in [3.63, 3.8) is 0 Å². The number of nitriles is 1. The van der Waals surface area contributed by atoms with E-state index in [-0.39, 0.29) is 23.5 Å². The van der Waals surface area contributed by atoms with E-state index in [0.717, 1.165) is 12.1 Å². The molecular formula is C12H10N2O2. The van der Waals surface area contributed by atoms with Crippen molar-refractivity contribution >= 4 is 11.5 Å². The van der Waals surface area contributed by atoms with Crippen LogP contribution in [-0.4, -0.2) is 15.9 Å². The van der Waals surface area contributed by atoms with Crippen LogP contribution < -0.4 is 0 Å². The molecule has 0 saturated carbocycles. The van der Waals surface area contributed by atoms with Gasteiger partial charge in [-0.2, -0.15) is 5.26 Å². The second kappa shape index (κ2) is 3.78. The predicted molar refractivity (Wildman–Crippen MR) is 57.5 cm³/mol. The third-order valence-corrected chi connectivity index (χ3v) is 2.64. The third kappa shape index (κ3) is 1.47. The molecule has 0 unspecified atom stereocenters. The van der Waals surface area contributed by atoms with Gasteiger partial charge in [-0.3, -0.25) is 9.78 Å². The molecule has 0 bridgehead atoms. The lowest BCUT2D eigenvalue weighted by Crippen LogP contribution is -2.15. The molecule has 1 aliphatic carbocycles. The average molecular weight is 214 g/mol. The maximum atomic E-state index is 11.5. The number of aromatic nitrogens is 1. The molecule has 1 aromatic rings. The van der Waals surface area contributed by atoms with E-state index in [0.29, 0.717) is 11.1 Å². The fourth-order valence-corrected chi connectivity index (χ4v) is 1.73. The van der Waals surface area contributed by atoms with Crippen molar-refractivity contribution in [2.24, 2.45) is 0 Å². The first-order valence-corrected chi connectivity index (χ1v) is 5.02. The normalized spacial score (nSPS) is 14.6. The van der Waals surface area contributed by atoms with Crippen molar-refractivity contribution in [1.82, 2.24) is 4.98 Å². The minimum Gasteiger partial charge on any atom is -0.506 e. The van der Waals surface area contributed by atoms with Crippen molar-refractivity contribution in [2.75, 3.05) is 0 Å². The minimum absolute atomic E-state index is 0.138. The molecule has 4 heteroatoms. The summed E-state index contributed by atoms with van der Waals surface area (Å²) < 4.78 is 0. The highest BCUT2D eigenvalue weighted by Gasteiger charge is 2.25. The van der Waals surface area contributed by atoms with Gasteiger partial charge in [0.2, 0.25) is 0 Å². The highest BCUT2D eigenvalue weighted by molar-refractivity contribution is 6.08. The second-order valence-corrected chi connectivity index (χ2v) is 3.62. The van der Waals surface area contributed by atoms with Crippen LogP contribution in [0, 0.1) is 11.3 Å². The Morgan fingerprint density at radius 1 is 1.62 bits per heavy atom. The van der Waals surface area contributed by atoms with Crippen molar-refractivity contribution < 1.29 is 9.90 Å². The lowest BCUT2D eigenvalue weighted by Gasteiger charge is -2.15. The van der Waals surface area contributed by atoms with Gasteiger partial charge in [0.25, 0.3) is 0 Å². The van der Waals surface area contributed by atoms with Gasteiger partial charge < -0.3 is 5.11 Å². The van der Waals surface area contributed by atoms with Gasteiger partial charge in [0, 0.05) is 23.9 Å². The smallest absolute Gasteiger partial charge is 0.181 e. The van der Waals surface area contributed by atoms with E-state index >= 15 is 0 Å². The first-order chi connectivity index (χ1) is 7.67. The number of carbonyl (C=O) groups is 1. The first kappa shape index (κ1) is 10.4. The van der Waals surface area contributed by atoms with Crippen LogP contribution in [0.3, 0.4) is 0 Å². The molecule has 1 aliphatic rings. The van der Waals surface area contributed by atoms with Crippen molar-refractivity contribution in [1.29, 1.82) is 5.26 Å². The van der Waals surface area contributed by atoms with Crippen LogP contribution in [0.2, 0.25) is 0 Å². The molecule has 1 aromatic heterocycles. The average Bonchev–Trinajstić information content (AvgIpc) is 2.29. The van der Waals surface area contributed by atoms with Gasteiger partial charge in [0.15, 0.2) is 5.78 Å². The van der Waals surface area contributed by atoms with Crippen LogP contribution in [0.15, 0.2) is 17.8 Å². The molecule has 80 valence electrons. The van der Waals surface area contributed by atoms with Crippen LogP contribution >= 0.6 is 0 Å². The highest BCUT2D eigenvalue weighted by Crippen LogP contribution is 2.27. The number of carbonyl (C=O) groups excluding carboxylic acids is 1. The zero-order valence-electron chi connectivity index (χ0n) is 8.82. The zero-order valence-corrected chi connectivity index (χ0v) is 8.82. The van der Waals surface area contributed by atoms with E-state index in [4.69, 9.17) is 5.26 Å². The Balaban J connectivity index is 2.64. The lowest BCUT2D eigenvalue weighted by molar-refractivity contribution is -0.114. The van der Waals surface area contributed by atoms with Gasteiger partial charge >= 0.3 is 0 Å². The molecule has 0 spiro atoms. The summed E-state index contributed by atoms with van der Waals surface area (Å²) in [5.74, 6) is -0.565. The summed E-state index contributed by atoms with van der Waals surface area (Å²) in [5.41, 5.74) is 1.92. The number of rotatable bonds is 1. The number of hydrogen-bond acceptors (Lipinski definition) is 4. The largest absolute Gasteiger partial charge is 0.506 e. The predicted octanol–water partition coefficient (Wildman–Crippen LogP) is 1.56. The summed E-state index contributed by atoms with van der Waals surface area (Å²) in [6, 6.07) is 3.47. The van der Waals surface area contributed by atoms with Crippen molar-refractivity contribution in [3.05, 3.63) is 34.7 Å². The van der Waals surface area contributed by atoms with Gasteiger partial charge in [-0.1, -0.05) is 6.92 Å². The zero-order chi connectivity index (χ0) is 11.7. The molecular weight excluding hydrogens is 204 g/mol. The Kier molecular flexibility index (Phi) is 2.45. The van der Waals surface area contributed by atoms with Gasteiger partial charge in [-0.15, -0.1) is 0 Å². The molecule has 0 radical (unpaired) electrons. The van der Waals surface area contributed by atoms with Crippen LogP contribution in [0.4, 0.5) is 0 Å². The van der Waals surface area contributed by atoms with Crippen molar-refractivity contribution in [2.45, 2.75) is 19.8 Å². The topological polar surface area (TPSA) is 74.0 Å². The molecule has 0 fully saturated rings.